The zero-order valence-corrected chi connectivity index (χ0v) is 11.5. The van der Waals surface area contributed by atoms with Crippen molar-refractivity contribution in [1.82, 2.24) is 4.72 Å². The van der Waals surface area contributed by atoms with Gasteiger partial charge >= 0.3 is 0 Å². The lowest BCUT2D eigenvalue weighted by atomic mass is 10.0. The molecule has 0 fully saturated rings. The quantitative estimate of drug-likeness (QED) is 0.563. The molecule has 3 heteroatoms. The summed E-state index contributed by atoms with van der Waals surface area (Å²) in [4.78, 5) is 0. The fourth-order valence-corrected chi connectivity index (χ4v) is 2.14. The minimum Gasteiger partial charge on any atom is -0.598 e. The van der Waals surface area contributed by atoms with Gasteiger partial charge in [0.15, 0.2) is 0 Å². The molecule has 2 nitrogen and oxygen atoms in total. The highest BCUT2D eigenvalue weighted by molar-refractivity contribution is 7.90. The standard InChI is InChI=1S/C12H25NOS/c1-7-8-11(9-10(2)3)13-15(14)12(4,5)6/h7,10-11,13H,1,8-9H2,2-6H3/t11-,15?/m1/s1. The van der Waals surface area contributed by atoms with Gasteiger partial charge in [-0.2, -0.15) is 0 Å². The smallest absolute Gasteiger partial charge is 0.136 e. The number of nitrogens with one attached hydrogen (secondary N) is 1. The summed E-state index contributed by atoms with van der Waals surface area (Å²) in [5.74, 6) is 0.611. The number of rotatable bonds is 6. The first-order chi connectivity index (χ1) is 6.77. The third kappa shape index (κ3) is 6.98. The van der Waals surface area contributed by atoms with E-state index in [2.05, 4.69) is 25.1 Å². The van der Waals surface area contributed by atoms with Gasteiger partial charge in [-0.3, -0.25) is 0 Å². The van der Waals surface area contributed by atoms with Gasteiger partial charge in [-0.25, -0.2) is 0 Å². The van der Waals surface area contributed by atoms with Crippen molar-refractivity contribution >= 4 is 11.4 Å². The molecule has 0 spiro atoms. The molecular formula is C12H25NOS. The maximum Gasteiger partial charge on any atom is 0.136 e. The Bertz CT molecular complexity index is 187. The van der Waals surface area contributed by atoms with Gasteiger partial charge in [-0.15, -0.1) is 11.3 Å². The molecule has 2 atom stereocenters. The third-order valence-electron chi connectivity index (χ3n) is 2.04. The van der Waals surface area contributed by atoms with Crippen LogP contribution in [0.25, 0.3) is 0 Å². The van der Waals surface area contributed by atoms with Crippen molar-refractivity contribution in [2.75, 3.05) is 0 Å². The van der Waals surface area contributed by atoms with Crippen molar-refractivity contribution in [2.45, 2.75) is 58.2 Å². The lowest BCUT2D eigenvalue weighted by Crippen LogP contribution is -2.44. The molecule has 0 aliphatic heterocycles. The second-order valence-corrected chi connectivity index (χ2v) is 7.35. The lowest BCUT2D eigenvalue weighted by molar-refractivity contribution is 0.453. The van der Waals surface area contributed by atoms with Crippen LogP contribution in [0.3, 0.4) is 0 Å². The van der Waals surface area contributed by atoms with E-state index in [1.807, 2.05) is 26.8 Å². The second kappa shape index (κ2) is 6.56. The van der Waals surface area contributed by atoms with Crippen molar-refractivity contribution < 1.29 is 4.55 Å². The zero-order valence-electron chi connectivity index (χ0n) is 10.7. The summed E-state index contributed by atoms with van der Waals surface area (Å²) in [5.41, 5.74) is 0. The van der Waals surface area contributed by atoms with Gasteiger partial charge < -0.3 is 4.55 Å². The minimum absolute atomic E-state index is 0.198. The molecule has 90 valence electrons. The highest BCUT2D eigenvalue weighted by atomic mass is 32.2. The summed E-state index contributed by atoms with van der Waals surface area (Å²) in [6, 6.07) is 0.280. The van der Waals surface area contributed by atoms with E-state index in [0.29, 0.717) is 5.92 Å². The van der Waals surface area contributed by atoms with E-state index < -0.39 is 11.4 Å². The Hall–Kier alpha value is 0.01000. The van der Waals surface area contributed by atoms with Crippen molar-refractivity contribution in [2.24, 2.45) is 5.92 Å². The fraction of sp³-hybridized carbons (Fsp3) is 0.833. The Balaban J connectivity index is 4.21. The second-order valence-electron chi connectivity index (χ2n) is 5.35. The van der Waals surface area contributed by atoms with Gasteiger partial charge in [0.05, 0.1) is 6.04 Å². The lowest BCUT2D eigenvalue weighted by Gasteiger charge is -2.28. The first kappa shape index (κ1) is 15.0. The van der Waals surface area contributed by atoms with Crippen molar-refractivity contribution in [1.29, 1.82) is 0 Å². The van der Waals surface area contributed by atoms with E-state index in [-0.39, 0.29) is 10.8 Å². The van der Waals surface area contributed by atoms with Crippen LogP contribution in [0.1, 0.15) is 47.5 Å². The molecule has 0 saturated carbocycles. The Kier molecular flexibility index (Phi) is 6.57. The molecule has 0 aromatic rings. The van der Waals surface area contributed by atoms with Gasteiger partial charge in [0, 0.05) is 11.4 Å². The third-order valence-corrected chi connectivity index (χ3v) is 3.70. The SMILES string of the molecule is C=CC[C@H](CC(C)C)N[S+]([O-])C(C)(C)C. The molecule has 0 amide bonds. The Morgan fingerprint density at radius 3 is 2.27 bits per heavy atom. The number of hydrogen-bond acceptors (Lipinski definition) is 2. The van der Waals surface area contributed by atoms with Crippen LogP contribution < -0.4 is 4.72 Å². The molecule has 0 aliphatic rings. The fourth-order valence-electron chi connectivity index (χ4n) is 1.29. The van der Waals surface area contributed by atoms with Gasteiger partial charge in [0.2, 0.25) is 0 Å². The van der Waals surface area contributed by atoms with E-state index in [0.717, 1.165) is 12.8 Å². The van der Waals surface area contributed by atoms with Gasteiger partial charge in [-0.05, 0) is 39.5 Å². The molecule has 1 N–H and O–H groups in total. The molecule has 0 rings (SSSR count). The Labute approximate surface area is 97.8 Å². The summed E-state index contributed by atoms with van der Waals surface area (Å²) < 4.78 is 14.9. The zero-order chi connectivity index (χ0) is 12.1. The van der Waals surface area contributed by atoms with Crippen LogP contribution in [0, 0.1) is 5.92 Å². The van der Waals surface area contributed by atoms with E-state index in [1.54, 1.807) is 0 Å². The highest BCUT2D eigenvalue weighted by Gasteiger charge is 2.28. The molecule has 15 heavy (non-hydrogen) atoms. The summed E-state index contributed by atoms with van der Waals surface area (Å²) in [6.07, 6.45) is 3.80. The van der Waals surface area contributed by atoms with Crippen LogP contribution in [0.15, 0.2) is 12.7 Å². The van der Waals surface area contributed by atoms with Gasteiger partial charge in [-0.1, -0.05) is 19.9 Å². The van der Waals surface area contributed by atoms with Crippen molar-refractivity contribution in [3.8, 4) is 0 Å². The highest BCUT2D eigenvalue weighted by Crippen LogP contribution is 2.17. The predicted molar refractivity (Wildman–Crippen MR) is 69.1 cm³/mol. The molecule has 0 bridgehead atoms. The predicted octanol–water partition coefficient (Wildman–Crippen LogP) is 3.03. The first-order valence-electron chi connectivity index (χ1n) is 5.56. The number of hydrogen-bond donors (Lipinski definition) is 1. The summed E-state index contributed by atoms with van der Waals surface area (Å²) in [6.45, 7) is 14.0. The molecule has 1 unspecified atom stereocenters. The van der Waals surface area contributed by atoms with Gasteiger partial charge in [0.25, 0.3) is 0 Å². The van der Waals surface area contributed by atoms with E-state index in [4.69, 9.17) is 0 Å². The van der Waals surface area contributed by atoms with Crippen LogP contribution >= 0.6 is 0 Å². The van der Waals surface area contributed by atoms with E-state index in [1.165, 1.54) is 0 Å². The average molecular weight is 231 g/mol. The Morgan fingerprint density at radius 2 is 1.93 bits per heavy atom. The average Bonchev–Trinajstić information content (AvgIpc) is 2.01. The summed E-state index contributed by atoms with van der Waals surface area (Å²) in [5, 5.41) is 0. The van der Waals surface area contributed by atoms with Crippen molar-refractivity contribution in [3.05, 3.63) is 12.7 Å². The maximum absolute atomic E-state index is 11.9. The topological polar surface area (TPSA) is 35.1 Å². The molecule has 0 heterocycles. The van der Waals surface area contributed by atoms with Crippen LogP contribution in [0.5, 0.6) is 0 Å². The summed E-state index contributed by atoms with van der Waals surface area (Å²) in [7, 11) is 0. The molecule has 0 aromatic heterocycles. The monoisotopic (exact) mass is 231 g/mol. The van der Waals surface area contributed by atoms with Crippen LogP contribution in [0.4, 0.5) is 0 Å². The van der Waals surface area contributed by atoms with Crippen molar-refractivity contribution in [3.63, 3.8) is 0 Å². The summed E-state index contributed by atoms with van der Waals surface area (Å²) >= 11 is -0.983. The molecule has 0 saturated heterocycles. The minimum atomic E-state index is -0.983. The normalized spacial score (nSPS) is 16.5. The largest absolute Gasteiger partial charge is 0.598 e. The van der Waals surface area contributed by atoms with Crippen LogP contribution in [0.2, 0.25) is 0 Å². The maximum atomic E-state index is 11.9. The van der Waals surface area contributed by atoms with E-state index in [9.17, 15) is 4.55 Å². The van der Waals surface area contributed by atoms with Gasteiger partial charge in [0.1, 0.15) is 4.75 Å². The van der Waals surface area contributed by atoms with E-state index >= 15 is 0 Å². The molecule has 0 aliphatic carbocycles. The molecule has 0 aromatic carbocycles. The molecule has 0 radical (unpaired) electrons. The van der Waals surface area contributed by atoms with Crippen LogP contribution in [-0.4, -0.2) is 15.3 Å². The molecular weight excluding hydrogens is 206 g/mol. The van der Waals surface area contributed by atoms with Crippen LogP contribution in [-0.2, 0) is 11.4 Å². The first-order valence-corrected chi connectivity index (χ1v) is 6.71. The Morgan fingerprint density at radius 1 is 1.40 bits per heavy atom.